The number of aromatic hydroxyl groups is 1. The first-order valence-corrected chi connectivity index (χ1v) is 9.45. The van der Waals surface area contributed by atoms with Crippen molar-refractivity contribution in [3.8, 4) is 28.7 Å². The van der Waals surface area contributed by atoms with Crippen LogP contribution in [0.3, 0.4) is 0 Å². The number of phenols is 1. The predicted molar refractivity (Wildman–Crippen MR) is 117 cm³/mol. The van der Waals surface area contributed by atoms with Gasteiger partial charge in [0.1, 0.15) is 34.3 Å². The molecule has 0 aromatic heterocycles. The van der Waals surface area contributed by atoms with E-state index in [9.17, 15) is 9.90 Å². The summed E-state index contributed by atoms with van der Waals surface area (Å²) in [7, 11) is 2.97. The van der Waals surface area contributed by atoms with Crippen molar-refractivity contribution in [2.45, 2.75) is 13.8 Å². The van der Waals surface area contributed by atoms with Crippen LogP contribution in [-0.2, 0) is 0 Å². The first kappa shape index (κ1) is 21.0. The maximum Gasteiger partial charge on any atom is 0.193 e. The second-order valence-electron chi connectivity index (χ2n) is 6.73. The number of methoxy groups -OCH3 is 2. The molecule has 154 valence electrons. The molecule has 3 aromatic carbocycles. The Morgan fingerprint density at radius 2 is 1.53 bits per heavy atom. The molecule has 5 heteroatoms. The number of ether oxygens (including phenoxy) is 3. The Kier molecular flexibility index (Phi) is 6.42. The van der Waals surface area contributed by atoms with E-state index in [1.807, 2.05) is 54.6 Å². The van der Waals surface area contributed by atoms with Crippen molar-refractivity contribution in [3.63, 3.8) is 0 Å². The zero-order valence-corrected chi connectivity index (χ0v) is 17.4. The predicted octanol–water partition coefficient (Wildman–Crippen LogP) is 5.71. The number of carbonyl (C=O) groups is 1. The molecule has 0 bridgehead atoms. The molecule has 30 heavy (non-hydrogen) atoms. The lowest BCUT2D eigenvalue weighted by Gasteiger charge is -2.17. The fourth-order valence-electron chi connectivity index (χ4n) is 3.33. The van der Waals surface area contributed by atoms with Crippen LogP contribution in [0.2, 0.25) is 0 Å². The minimum atomic E-state index is -0.368. The molecular formula is C25H24O5. The maximum absolute atomic E-state index is 12.9. The molecular weight excluding hydrogens is 380 g/mol. The molecule has 0 heterocycles. The fraction of sp³-hybridized carbons (Fsp3) is 0.160. The molecule has 3 rings (SSSR count). The van der Waals surface area contributed by atoms with Gasteiger partial charge in [-0.15, -0.1) is 0 Å². The standard InChI is InChI=1S/C25H24O5/c1-16-23(27)22(25(29-4)17(2)24(16)28-3)21(26)14-13-18-9-8-12-20(15-18)30-19-10-6-5-7-11-19/h5-15,27H,1-4H3/b14-13+. The third kappa shape index (κ3) is 4.30. The topological polar surface area (TPSA) is 65.0 Å². The van der Waals surface area contributed by atoms with Crippen molar-refractivity contribution >= 4 is 11.9 Å². The second-order valence-corrected chi connectivity index (χ2v) is 6.73. The highest BCUT2D eigenvalue weighted by molar-refractivity contribution is 6.11. The average molecular weight is 404 g/mol. The molecule has 0 aliphatic carbocycles. The van der Waals surface area contributed by atoms with Gasteiger partial charge in [0.15, 0.2) is 5.78 Å². The molecule has 0 amide bonds. The number of para-hydroxylation sites is 1. The number of carbonyl (C=O) groups excluding carboxylic acids is 1. The average Bonchev–Trinajstić information content (AvgIpc) is 2.76. The van der Waals surface area contributed by atoms with Gasteiger partial charge in [-0.3, -0.25) is 4.79 Å². The molecule has 0 fully saturated rings. The van der Waals surface area contributed by atoms with Crippen LogP contribution in [0, 0.1) is 13.8 Å². The Morgan fingerprint density at radius 1 is 0.867 bits per heavy atom. The van der Waals surface area contributed by atoms with Crippen LogP contribution in [0.4, 0.5) is 0 Å². The van der Waals surface area contributed by atoms with Crippen LogP contribution in [-0.4, -0.2) is 25.1 Å². The van der Waals surface area contributed by atoms with E-state index in [0.29, 0.717) is 28.4 Å². The van der Waals surface area contributed by atoms with Gasteiger partial charge in [-0.2, -0.15) is 0 Å². The molecule has 5 nitrogen and oxygen atoms in total. The Balaban J connectivity index is 1.89. The summed E-state index contributed by atoms with van der Waals surface area (Å²) in [5.41, 5.74) is 2.05. The summed E-state index contributed by atoms with van der Waals surface area (Å²) in [6.07, 6.45) is 3.08. The second kappa shape index (κ2) is 9.18. The van der Waals surface area contributed by atoms with Gasteiger partial charge in [-0.1, -0.05) is 36.4 Å². The SMILES string of the molecule is COc1c(C)c(O)c(C(=O)/C=C/c2cccc(Oc3ccccc3)c2)c(OC)c1C. The molecule has 0 atom stereocenters. The fourth-order valence-corrected chi connectivity index (χ4v) is 3.33. The third-order valence-electron chi connectivity index (χ3n) is 4.76. The third-order valence-corrected chi connectivity index (χ3v) is 4.76. The highest BCUT2D eigenvalue weighted by Crippen LogP contribution is 2.42. The van der Waals surface area contributed by atoms with Crippen LogP contribution in [0.5, 0.6) is 28.7 Å². The van der Waals surface area contributed by atoms with Gasteiger partial charge in [-0.05, 0) is 49.8 Å². The van der Waals surface area contributed by atoms with Gasteiger partial charge in [0, 0.05) is 11.1 Å². The molecule has 0 unspecified atom stereocenters. The highest BCUT2D eigenvalue weighted by atomic mass is 16.5. The number of hydrogen-bond donors (Lipinski definition) is 1. The lowest BCUT2D eigenvalue weighted by molar-refractivity contribution is 0.104. The van der Waals surface area contributed by atoms with Gasteiger partial charge < -0.3 is 19.3 Å². The largest absolute Gasteiger partial charge is 0.507 e. The van der Waals surface area contributed by atoms with E-state index in [0.717, 1.165) is 11.3 Å². The zero-order valence-electron chi connectivity index (χ0n) is 17.4. The molecule has 3 aromatic rings. The first-order valence-electron chi connectivity index (χ1n) is 9.45. The Labute approximate surface area is 176 Å². The van der Waals surface area contributed by atoms with E-state index in [1.54, 1.807) is 19.9 Å². The van der Waals surface area contributed by atoms with Gasteiger partial charge in [0.25, 0.3) is 0 Å². The number of rotatable bonds is 7. The number of ketones is 1. The van der Waals surface area contributed by atoms with Crippen LogP contribution >= 0.6 is 0 Å². The summed E-state index contributed by atoms with van der Waals surface area (Å²) >= 11 is 0. The minimum absolute atomic E-state index is 0.112. The van der Waals surface area contributed by atoms with Crippen molar-refractivity contribution < 1.29 is 24.1 Å². The molecule has 1 N–H and O–H groups in total. The normalized spacial score (nSPS) is 10.8. The van der Waals surface area contributed by atoms with Gasteiger partial charge in [0.05, 0.1) is 14.2 Å². The van der Waals surface area contributed by atoms with Gasteiger partial charge >= 0.3 is 0 Å². The Hall–Kier alpha value is -3.73. The highest BCUT2D eigenvalue weighted by Gasteiger charge is 2.24. The van der Waals surface area contributed by atoms with Crippen molar-refractivity contribution in [2.75, 3.05) is 14.2 Å². The smallest absolute Gasteiger partial charge is 0.193 e. The van der Waals surface area contributed by atoms with E-state index in [-0.39, 0.29) is 17.1 Å². The molecule has 0 aliphatic heterocycles. The van der Waals surface area contributed by atoms with Crippen molar-refractivity contribution in [1.29, 1.82) is 0 Å². The van der Waals surface area contributed by atoms with Crippen molar-refractivity contribution in [3.05, 3.63) is 82.9 Å². The van der Waals surface area contributed by atoms with Crippen LogP contribution < -0.4 is 14.2 Å². The number of allylic oxidation sites excluding steroid dienone is 1. The van der Waals surface area contributed by atoms with Gasteiger partial charge in [-0.25, -0.2) is 0 Å². The van der Waals surface area contributed by atoms with E-state index >= 15 is 0 Å². The van der Waals surface area contributed by atoms with E-state index < -0.39 is 0 Å². The summed E-state index contributed by atoms with van der Waals surface area (Å²) in [5.74, 6) is 1.67. The number of phenolic OH excluding ortho intramolecular Hbond substituents is 1. The van der Waals surface area contributed by atoms with Crippen LogP contribution in [0.1, 0.15) is 27.0 Å². The summed E-state index contributed by atoms with van der Waals surface area (Å²) in [5, 5.41) is 10.6. The summed E-state index contributed by atoms with van der Waals surface area (Å²) in [6.45, 7) is 3.49. The summed E-state index contributed by atoms with van der Waals surface area (Å²) < 4.78 is 16.6. The van der Waals surface area contributed by atoms with E-state index in [2.05, 4.69) is 0 Å². The van der Waals surface area contributed by atoms with Crippen LogP contribution in [0.25, 0.3) is 6.08 Å². The first-order chi connectivity index (χ1) is 14.5. The van der Waals surface area contributed by atoms with E-state index in [4.69, 9.17) is 14.2 Å². The Morgan fingerprint density at radius 3 is 2.20 bits per heavy atom. The lowest BCUT2D eigenvalue weighted by atomic mass is 9.98. The van der Waals surface area contributed by atoms with Gasteiger partial charge in [0.2, 0.25) is 0 Å². The van der Waals surface area contributed by atoms with Crippen molar-refractivity contribution in [1.82, 2.24) is 0 Å². The quantitative estimate of drug-likeness (QED) is 0.403. The molecule has 0 saturated carbocycles. The minimum Gasteiger partial charge on any atom is -0.507 e. The number of benzene rings is 3. The zero-order chi connectivity index (χ0) is 21.7. The summed E-state index contributed by atoms with van der Waals surface area (Å²) in [6, 6.07) is 16.8. The van der Waals surface area contributed by atoms with Crippen LogP contribution in [0.15, 0.2) is 60.7 Å². The monoisotopic (exact) mass is 404 g/mol. The lowest BCUT2D eigenvalue weighted by Crippen LogP contribution is -2.05. The number of hydrogen-bond acceptors (Lipinski definition) is 5. The summed E-state index contributed by atoms with van der Waals surface area (Å²) in [4.78, 5) is 12.9. The Bertz CT molecular complexity index is 1080. The molecule has 0 spiro atoms. The molecule has 0 radical (unpaired) electrons. The molecule has 0 aliphatic rings. The maximum atomic E-state index is 12.9. The van der Waals surface area contributed by atoms with Crippen molar-refractivity contribution in [2.24, 2.45) is 0 Å². The van der Waals surface area contributed by atoms with E-state index in [1.165, 1.54) is 20.3 Å². The molecule has 0 saturated heterocycles.